The van der Waals surface area contributed by atoms with E-state index >= 15 is 0 Å². The van der Waals surface area contributed by atoms with E-state index in [9.17, 15) is 29.4 Å². The van der Waals surface area contributed by atoms with Gasteiger partial charge in [0, 0.05) is 25.8 Å². The van der Waals surface area contributed by atoms with Gasteiger partial charge in [0.2, 0.25) is 23.7 Å². The molecule has 2 aromatic carbocycles. The van der Waals surface area contributed by atoms with Crippen LogP contribution in [0.4, 0.5) is 4.79 Å². The second-order valence-corrected chi connectivity index (χ2v) is 16.0. The maximum atomic E-state index is 13.8. The number of phenolic OH excluding ortho intramolecular Hbond substituents is 1. The number of methoxy groups -OCH3 is 2. The Morgan fingerprint density at radius 1 is 0.833 bits per heavy atom. The number of alkyl carbamates (subject to hydrolysis) is 1. The summed E-state index contributed by atoms with van der Waals surface area (Å²) in [6.45, 7) is 8.60. The number of rotatable bonds is 13. The molecule has 2 saturated heterocycles. The summed E-state index contributed by atoms with van der Waals surface area (Å²) in [6, 6.07) is 8.42. The third-order valence-corrected chi connectivity index (χ3v) is 11.4. The van der Waals surface area contributed by atoms with Gasteiger partial charge in [-0.15, -0.1) is 0 Å². The van der Waals surface area contributed by atoms with Crippen LogP contribution in [0.2, 0.25) is 0 Å². The summed E-state index contributed by atoms with van der Waals surface area (Å²) in [4.78, 5) is 72.4. The van der Waals surface area contributed by atoms with Gasteiger partial charge in [-0.1, -0.05) is 52.0 Å². The van der Waals surface area contributed by atoms with Crippen molar-refractivity contribution in [3.63, 3.8) is 0 Å². The molecule has 3 aromatic heterocycles. The summed E-state index contributed by atoms with van der Waals surface area (Å²) in [7, 11) is 2.62. The molecular formula is C43H52N8O9. The van der Waals surface area contributed by atoms with Crippen LogP contribution in [-0.2, 0) is 19.1 Å². The number of aromatic nitrogens is 4. The molecular weight excluding hydrogens is 773 g/mol. The number of benzene rings is 2. The topological polar surface area (TPSA) is 228 Å². The van der Waals surface area contributed by atoms with Gasteiger partial charge in [-0.25, -0.2) is 14.8 Å². The number of amides is 3. The lowest BCUT2D eigenvalue weighted by Crippen LogP contribution is -2.52. The molecule has 0 saturated carbocycles. The Morgan fingerprint density at radius 2 is 1.38 bits per heavy atom. The van der Waals surface area contributed by atoms with Crippen LogP contribution in [-0.4, -0.2) is 104 Å². The van der Waals surface area contributed by atoms with E-state index in [4.69, 9.17) is 13.9 Å². The first-order valence-electron chi connectivity index (χ1n) is 20.2. The average molecular weight is 825 g/mol. The van der Waals surface area contributed by atoms with Crippen LogP contribution in [0.15, 0.2) is 64.3 Å². The predicted octanol–water partition coefficient (Wildman–Crippen LogP) is 5.19. The quantitative estimate of drug-likeness (QED) is 0.0844. The molecule has 0 radical (unpaired) electrons. The molecule has 5 aromatic rings. The lowest BCUT2D eigenvalue weighted by molar-refractivity contribution is -0.145. The summed E-state index contributed by atoms with van der Waals surface area (Å²) >= 11 is 0. The third kappa shape index (κ3) is 8.37. The number of carbonyl (C=O) groups excluding carboxylic acids is 3. The number of aromatic hydroxyl groups is 1. The van der Waals surface area contributed by atoms with Gasteiger partial charge in [0.1, 0.15) is 40.7 Å². The highest BCUT2D eigenvalue weighted by atomic mass is 16.6. The molecule has 0 aliphatic carbocycles. The van der Waals surface area contributed by atoms with Crippen LogP contribution in [0.1, 0.15) is 77.1 Å². The minimum absolute atomic E-state index is 0.0356. The minimum atomic E-state index is -1.28. The fourth-order valence-electron chi connectivity index (χ4n) is 8.18. The number of aromatic amines is 2. The van der Waals surface area contributed by atoms with E-state index in [1.807, 2.05) is 39.8 Å². The van der Waals surface area contributed by atoms with E-state index in [-0.39, 0.29) is 58.0 Å². The van der Waals surface area contributed by atoms with Crippen molar-refractivity contribution in [1.29, 1.82) is 0 Å². The number of nitrogens with zero attached hydrogens (tertiary/aromatic N) is 4. The number of carbonyl (C=O) groups is 3. The zero-order chi connectivity index (χ0) is 42.8. The number of fused-ring (bicyclic) bond motifs is 1. The summed E-state index contributed by atoms with van der Waals surface area (Å²) in [6.07, 6.45) is 5.76. The van der Waals surface area contributed by atoms with Crippen molar-refractivity contribution >= 4 is 28.9 Å². The number of aliphatic hydroxyl groups excluding tert-OH is 1. The highest BCUT2D eigenvalue weighted by Gasteiger charge is 2.39. The number of likely N-dealkylation sites (tertiary alicyclic amines) is 2. The first-order valence-corrected chi connectivity index (χ1v) is 20.2. The Morgan fingerprint density at radius 3 is 1.93 bits per heavy atom. The predicted molar refractivity (Wildman–Crippen MR) is 221 cm³/mol. The minimum Gasteiger partial charge on any atom is -0.507 e. The average Bonchev–Trinajstić information content (AvgIpc) is 4.08. The maximum absolute atomic E-state index is 13.8. The molecule has 5 heterocycles. The first kappa shape index (κ1) is 42.1. The van der Waals surface area contributed by atoms with Crippen LogP contribution in [0.3, 0.4) is 0 Å². The Kier molecular flexibility index (Phi) is 12.4. The molecule has 318 valence electrons. The molecule has 17 heteroatoms. The zero-order valence-corrected chi connectivity index (χ0v) is 34.5. The Balaban J connectivity index is 1.07. The van der Waals surface area contributed by atoms with Crippen LogP contribution < -0.4 is 16.1 Å². The molecule has 0 spiro atoms. The van der Waals surface area contributed by atoms with E-state index in [2.05, 4.69) is 30.6 Å². The fraction of sp³-hybridized carbons (Fsp3) is 0.442. The molecule has 3 amide bonds. The Bertz CT molecular complexity index is 2400. The monoisotopic (exact) mass is 824 g/mol. The number of nitrogens with one attached hydrogen (secondary N) is 4. The molecule has 17 nitrogen and oxygen atoms in total. The van der Waals surface area contributed by atoms with E-state index in [0.717, 1.165) is 30.5 Å². The maximum Gasteiger partial charge on any atom is 0.407 e. The molecule has 5 atom stereocenters. The van der Waals surface area contributed by atoms with E-state index in [0.29, 0.717) is 48.0 Å². The molecule has 7 rings (SSSR count). The number of H-pyrrole nitrogens is 2. The van der Waals surface area contributed by atoms with Crippen molar-refractivity contribution in [3.05, 3.63) is 76.9 Å². The van der Waals surface area contributed by atoms with Crippen molar-refractivity contribution < 1.29 is 38.5 Å². The fourth-order valence-corrected chi connectivity index (χ4v) is 8.18. The van der Waals surface area contributed by atoms with Crippen molar-refractivity contribution in [3.8, 4) is 39.4 Å². The van der Waals surface area contributed by atoms with Crippen molar-refractivity contribution in [2.75, 3.05) is 27.3 Å². The van der Waals surface area contributed by atoms with Crippen LogP contribution >= 0.6 is 0 Å². The SMILES string of the molecule is COC(=O)NC(C(=O)N1CCCC1c1ncc(-c2ccc(-c3coc4cc(-c5cnc(C6CCCN6C(=O)C(NC(O)OC)C(C)C)[nH]5)cc(O)c4c3=O)cc2)[nH]1)C(C)C. The van der Waals surface area contributed by atoms with E-state index in [1.165, 1.54) is 26.5 Å². The van der Waals surface area contributed by atoms with Gasteiger partial charge < -0.3 is 49.2 Å². The molecule has 6 N–H and O–H groups in total. The van der Waals surface area contributed by atoms with Crippen LogP contribution in [0, 0.1) is 11.8 Å². The number of ether oxygens (including phenoxy) is 2. The lowest BCUT2D eigenvalue weighted by atomic mass is 10.0. The summed E-state index contributed by atoms with van der Waals surface area (Å²) in [5.74, 6) is 0.351. The smallest absolute Gasteiger partial charge is 0.407 e. The van der Waals surface area contributed by atoms with Gasteiger partial charge in [0.05, 0.1) is 54.6 Å². The molecule has 2 aliphatic heterocycles. The number of phenols is 1. The van der Waals surface area contributed by atoms with Crippen LogP contribution in [0.25, 0.3) is 44.6 Å². The standard InChI is InChI=1S/C43H52N8O9/c1-22(2)35(48-42(56)58-5)40(54)50-15-7-9-30(50)38-44-19-28(46-38)25-13-11-24(12-14-25)27-21-60-33-18-26(17-32(52)34(33)37(27)53)29-20-45-39(47-29)31-10-8-16-51(31)41(55)36(23(3)4)49-43(57)59-6/h11-14,17-23,30-31,35-36,43,49,52,57H,7-10,15-16H2,1-6H3,(H,44,46)(H,45,47)(H,48,56). The van der Waals surface area contributed by atoms with Gasteiger partial charge in [0.15, 0.2) is 0 Å². The molecule has 0 bridgehead atoms. The van der Waals surface area contributed by atoms with Gasteiger partial charge in [0.25, 0.3) is 0 Å². The van der Waals surface area contributed by atoms with Crippen molar-refractivity contribution in [1.82, 2.24) is 40.4 Å². The number of aliphatic hydroxyl groups is 1. The summed E-state index contributed by atoms with van der Waals surface area (Å²) in [5.41, 5.74) is 3.30. The van der Waals surface area contributed by atoms with Gasteiger partial charge in [-0.2, -0.15) is 0 Å². The molecule has 2 fully saturated rings. The third-order valence-electron chi connectivity index (χ3n) is 11.4. The number of hydrogen-bond acceptors (Lipinski definition) is 12. The van der Waals surface area contributed by atoms with Crippen molar-refractivity contribution in [2.45, 2.75) is 84.0 Å². The second kappa shape index (κ2) is 17.7. The van der Waals surface area contributed by atoms with Crippen LogP contribution in [0.5, 0.6) is 5.75 Å². The highest BCUT2D eigenvalue weighted by molar-refractivity contribution is 5.91. The normalized spacial score (nSPS) is 18.4. The lowest BCUT2D eigenvalue weighted by Gasteiger charge is -2.31. The Hall–Kier alpha value is -6.04. The molecule has 2 aliphatic rings. The first-order chi connectivity index (χ1) is 28.8. The van der Waals surface area contributed by atoms with E-state index in [1.54, 1.807) is 40.4 Å². The largest absolute Gasteiger partial charge is 0.507 e. The molecule has 60 heavy (non-hydrogen) atoms. The highest BCUT2D eigenvalue weighted by Crippen LogP contribution is 2.36. The van der Waals surface area contributed by atoms with Gasteiger partial charge >= 0.3 is 6.09 Å². The van der Waals surface area contributed by atoms with E-state index < -0.39 is 30.0 Å². The summed E-state index contributed by atoms with van der Waals surface area (Å²) in [5, 5.41) is 26.8. The number of imidazole rings is 2. The summed E-state index contributed by atoms with van der Waals surface area (Å²) < 4.78 is 15.6. The zero-order valence-electron chi connectivity index (χ0n) is 34.5. The van der Waals surface area contributed by atoms with Gasteiger partial charge in [-0.3, -0.25) is 19.7 Å². The second-order valence-electron chi connectivity index (χ2n) is 16.0. The van der Waals surface area contributed by atoms with Gasteiger partial charge in [-0.05, 0) is 60.8 Å². The molecule has 5 unspecified atom stereocenters. The Labute approximate surface area is 346 Å². The number of hydrogen-bond donors (Lipinski definition) is 6. The van der Waals surface area contributed by atoms with Crippen molar-refractivity contribution in [2.24, 2.45) is 11.8 Å².